The Morgan fingerprint density at radius 2 is 2.00 bits per heavy atom. The third-order valence-electron chi connectivity index (χ3n) is 2.91. The summed E-state index contributed by atoms with van der Waals surface area (Å²) in [5.74, 6) is 0.304. The number of nitrogens with two attached hydrogens (primary N) is 1. The van der Waals surface area contributed by atoms with Crippen LogP contribution in [0.1, 0.15) is 24.5 Å². The first-order valence-electron chi connectivity index (χ1n) is 5.56. The average molecular weight is 253 g/mol. The fraction of sp³-hybridized carbons (Fsp3) is 0.462. The minimum Gasteiger partial charge on any atom is -0.496 e. The molecule has 0 saturated carbocycles. The van der Waals surface area contributed by atoms with Crippen LogP contribution in [-0.4, -0.2) is 25.3 Å². The van der Waals surface area contributed by atoms with E-state index in [1.165, 1.54) is 7.11 Å². The molecule has 1 atom stereocenters. The molecule has 1 aromatic rings. The van der Waals surface area contributed by atoms with Crippen LogP contribution in [0.25, 0.3) is 0 Å². The highest BCUT2D eigenvalue weighted by molar-refractivity contribution is 5.69. The van der Waals surface area contributed by atoms with E-state index in [-0.39, 0.29) is 6.42 Å². The lowest BCUT2D eigenvalue weighted by atomic mass is 9.87. The van der Waals surface area contributed by atoms with Crippen molar-refractivity contribution in [2.75, 3.05) is 14.2 Å². The van der Waals surface area contributed by atoms with Gasteiger partial charge in [0.2, 0.25) is 0 Å². The highest BCUT2D eigenvalue weighted by Crippen LogP contribution is 2.37. The standard InChI is InChI=1S/C13H19NO4/c1-8-10(17-3)6-5-9(12(8)18-4)13(2,14)7-11(15)16/h5-6H,7,14H2,1-4H3,(H,15,16). The third-order valence-corrected chi connectivity index (χ3v) is 2.91. The maximum atomic E-state index is 10.9. The Bertz CT molecular complexity index is 455. The third kappa shape index (κ3) is 2.73. The quantitative estimate of drug-likeness (QED) is 0.834. The van der Waals surface area contributed by atoms with Gasteiger partial charge in [-0.15, -0.1) is 0 Å². The molecule has 18 heavy (non-hydrogen) atoms. The van der Waals surface area contributed by atoms with Gasteiger partial charge in [-0.1, -0.05) is 0 Å². The molecule has 1 aromatic carbocycles. The van der Waals surface area contributed by atoms with Crippen LogP contribution in [0.5, 0.6) is 11.5 Å². The van der Waals surface area contributed by atoms with Crippen LogP contribution in [0.2, 0.25) is 0 Å². The number of benzene rings is 1. The summed E-state index contributed by atoms with van der Waals surface area (Å²) in [5.41, 5.74) is 6.55. The summed E-state index contributed by atoms with van der Waals surface area (Å²) >= 11 is 0. The Kier molecular flexibility index (Phi) is 4.19. The zero-order valence-electron chi connectivity index (χ0n) is 11.1. The van der Waals surface area contributed by atoms with Gasteiger partial charge in [0, 0.05) is 11.1 Å². The van der Waals surface area contributed by atoms with Gasteiger partial charge in [-0.05, 0) is 26.0 Å². The Labute approximate surface area is 107 Å². The van der Waals surface area contributed by atoms with Gasteiger partial charge in [0.1, 0.15) is 11.5 Å². The van der Waals surface area contributed by atoms with Crippen molar-refractivity contribution in [2.24, 2.45) is 5.73 Å². The summed E-state index contributed by atoms with van der Waals surface area (Å²) in [5, 5.41) is 8.90. The predicted molar refractivity (Wildman–Crippen MR) is 68.1 cm³/mol. The average Bonchev–Trinajstić information content (AvgIpc) is 2.26. The maximum absolute atomic E-state index is 10.9. The Balaban J connectivity index is 3.32. The Hall–Kier alpha value is -1.75. The molecule has 5 heteroatoms. The monoisotopic (exact) mass is 253 g/mol. The van der Waals surface area contributed by atoms with E-state index in [4.69, 9.17) is 20.3 Å². The SMILES string of the molecule is COc1ccc(C(C)(N)CC(=O)O)c(OC)c1C. The molecular formula is C13H19NO4. The van der Waals surface area contributed by atoms with Crippen molar-refractivity contribution in [2.45, 2.75) is 25.8 Å². The number of aliphatic carboxylic acids is 1. The molecule has 0 aliphatic carbocycles. The molecule has 0 amide bonds. The smallest absolute Gasteiger partial charge is 0.305 e. The highest BCUT2D eigenvalue weighted by Gasteiger charge is 2.29. The van der Waals surface area contributed by atoms with Gasteiger partial charge in [0.15, 0.2) is 0 Å². The first-order valence-corrected chi connectivity index (χ1v) is 5.56. The van der Waals surface area contributed by atoms with Gasteiger partial charge >= 0.3 is 5.97 Å². The van der Waals surface area contributed by atoms with Crippen LogP contribution in [0.3, 0.4) is 0 Å². The van der Waals surface area contributed by atoms with E-state index in [0.29, 0.717) is 17.1 Å². The lowest BCUT2D eigenvalue weighted by Gasteiger charge is -2.26. The van der Waals surface area contributed by atoms with Crippen LogP contribution >= 0.6 is 0 Å². The molecule has 0 radical (unpaired) electrons. The molecule has 0 spiro atoms. The molecule has 0 heterocycles. The van der Waals surface area contributed by atoms with Crippen molar-refractivity contribution in [3.05, 3.63) is 23.3 Å². The molecule has 0 bridgehead atoms. The summed E-state index contributed by atoms with van der Waals surface area (Å²) < 4.78 is 10.5. The van der Waals surface area contributed by atoms with Gasteiger partial charge in [0.25, 0.3) is 0 Å². The fourth-order valence-electron chi connectivity index (χ4n) is 2.02. The van der Waals surface area contributed by atoms with Crippen molar-refractivity contribution in [3.63, 3.8) is 0 Å². The fourth-order valence-corrected chi connectivity index (χ4v) is 2.02. The minimum atomic E-state index is -0.992. The van der Waals surface area contributed by atoms with E-state index >= 15 is 0 Å². The molecule has 0 aliphatic heterocycles. The van der Waals surface area contributed by atoms with E-state index in [0.717, 1.165) is 5.56 Å². The van der Waals surface area contributed by atoms with Crippen molar-refractivity contribution < 1.29 is 19.4 Å². The van der Waals surface area contributed by atoms with Crippen LogP contribution in [0.15, 0.2) is 12.1 Å². The lowest BCUT2D eigenvalue weighted by Crippen LogP contribution is -2.36. The summed E-state index contributed by atoms with van der Waals surface area (Å²) in [6, 6.07) is 3.51. The number of carboxylic acid groups (broad SMARTS) is 1. The van der Waals surface area contributed by atoms with E-state index in [1.807, 2.05) is 6.92 Å². The second-order valence-corrected chi connectivity index (χ2v) is 4.46. The van der Waals surface area contributed by atoms with Crippen LogP contribution in [0.4, 0.5) is 0 Å². The molecule has 3 N–H and O–H groups in total. The molecule has 0 aromatic heterocycles. The number of methoxy groups -OCH3 is 2. The van der Waals surface area contributed by atoms with Crippen LogP contribution in [-0.2, 0) is 10.3 Å². The summed E-state index contributed by atoms with van der Waals surface area (Å²) in [4.78, 5) is 10.9. The number of carboxylic acids is 1. The molecule has 5 nitrogen and oxygen atoms in total. The Morgan fingerprint density at radius 3 is 2.44 bits per heavy atom. The summed E-state index contributed by atoms with van der Waals surface area (Å²) in [7, 11) is 3.10. The van der Waals surface area contributed by atoms with Gasteiger partial charge < -0.3 is 20.3 Å². The number of hydrogen-bond acceptors (Lipinski definition) is 4. The molecule has 0 aliphatic rings. The van der Waals surface area contributed by atoms with Gasteiger partial charge in [-0.3, -0.25) is 4.79 Å². The van der Waals surface area contributed by atoms with E-state index in [1.54, 1.807) is 26.2 Å². The first kappa shape index (κ1) is 14.3. The van der Waals surface area contributed by atoms with Crippen molar-refractivity contribution >= 4 is 5.97 Å². The summed E-state index contributed by atoms with van der Waals surface area (Å²) in [6.45, 7) is 3.52. The van der Waals surface area contributed by atoms with Crippen molar-refractivity contribution in [3.8, 4) is 11.5 Å². The summed E-state index contributed by atoms with van der Waals surface area (Å²) in [6.07, 6.45) is -0.171. The number of carbonyl (C=O) groups is 1. The number of hydrogen-bond donors (Lipinski definition) is 2. The van der Waals surface area contributed by atoms with Gasteiger partial charge in [-0.25, -0.2) is 0 Å². The van der Waals surface area contributed by atoms with Crippen molar-refractivity contribution in [1.82, 2.24) is 0 Å². The van der Waals surface area contributed by atoms with Gasteiger partial charge in [0.05, 0.1) is 26.2 Å². The minimum absolute atomic E-state index is 0.171. The largest absolute Gasteiger partial charge is 0.496 e. The second kappa shape index (κ2) is 5.27. The van der Waals surface area contributed by atoms with Crippen LogP contribution < -0.4 is 15.2 Å². The lowest BCUT2D eigenvalue weighted by molar-refractivity contribution is -0.138. The molecule has 0 saturated heterocycles. The Morgan fingerprint density at radius 1 is 1.39 bits per heavy atom. The van der Waals surface area contributed by atoms with Crippen molar-refractivity contribution in [1.29, 1.82) is 0 Å². The molecule has 1 unspecified atom stereocenters. The molecule has 1 rings (SSSR count). The van der Waals surface area contributed by atoms with E-state index in [9.17, 15) is 4.79 Å². The zero-order valence-corrected chi connectivity index (χ0v) is 11.1. The topological polar surface area (TPSA) is 81.8 Å². The number of rotatable bonds is 5. The molecular weight excluding hydrogens is 234 g/mol. The zero-order chi connectivity index (χ0) is 13.9. The van der Waals surface area contributed by atoms with E-state index < -0.39 is 11.5 Å². The first-order chi connectivity index (χ1) is 8.33. The normalized spacial score (nSPS) is 13.8. The highest BCUT2D eigenvalue weighted by atomic mass is 16.5. The molecule has 100 valence electrons. The van der Waals surface area contributed by atoms with Gasteiger partial charge in [-0.2, -0.15) is 0 Å². The predicted octanol–water partition coefficient (Wildman–Crippen LogP) is 1.66. The molecule has 0 fully saturated rings. The van der Waals surface area contributed by atoms with Crippen LogP contribution in [0, 0.1) is 6.92 Å². The maximum Gasteiger partial charge on any atom is 0.305 e. The number of ether oxygens (including phenoxy) is 2. The second-order valence-electron chi connectivity index (χ2n) is 4.46. The van der Waals surface area contributed by atoms with E-state index in [2.05, 4.69) is 0 Å².